The van der Waals surface area contributed by atoms with Crippen LogP contribution in [0.1, 0.15) is 74.9 Å². The molecule has 2 aromatic heterocycles. The predicted octanol–water partition coefficient (Wildman–Crippen LogP) is 7.57. The molecule has 0 saturated heterocycles. The third kappa shape index (κ3) is 9.24. The molecule has 0 fully saturated rings. The molecule has 272 valence electrons. The number of rotatable bonds is 13. The highest BCUT2D eigenvalue weighted by Gasteiger charge is 2.42. The van der Waals surface area contributed by atoms with Gasteiger partial charge in [0, 0.05) is 31.6 Å². The molecule has 1 amide bonds. The van der Waals surface area contributed by atoms with Crippen LogP contribution in [0.3, 0.4) is 0 Å². The van der Waals surface area contributed by atoms with Crippen LogP contribution < -0.4 is 19.9 Å². The maximum atomic E-state index is 13.9. The number of aromatic nitrogens is 3. The van der Waals surface area contributed by atoms with Gasteiger partial charge in [-0.25, -0.2) is 19.7 Å². The molecule has 1 N–H and O–H groups in total. The number of halogens is 6. The quantitative estimate of drug-likeness (QED) is 0.108. The molecule has 0 radical (unpaired) electrons. The molecule has 1 aliphatic rings. The Morgan fingerprint density at radius 3 is 2.16 bits per heavy atom. The summed E-state index contributed by atoms with van der Waals surface area (Å²) in [5.74, 6) is -0.202. The average molecular weight is 713 g/mol. The molecule has 0 aliphatic carbocycles. The molecule has 11 nitrogen and oxygen atoms in total. The largest absolute Gasteiger partial charge is 0.481 e. The lowest BCUT2D eigenvalue weighted by atomic mass is 9.92. The second-order valence-corrected chi connectivity index (χ2v) is 11.3. The summed E-state index contributed by atoms with van der Waals surface area (Å²) in [6.45, 7) is 5.44. The number of esters is 1. The van der Waals surface area contributed by atoms with Crippen molar-refractivity contribution in [2.45, 2.75) is 77.4 Å². The third-order valence-electron chi connectivity index (χ3n) is 7.92. The van der Waals surface area contributed by atoms with Crippen LogP contribution >= 0.6 is 0 Å². The van der Waals surface area contributed by atoms with Gasteiger partial charge in [-0.05, 0) is 62.9 Å². The molecular weight excluding hydrogens is 674 g/mol. The summed E-state index contributed by atoms with van der Waals surface area (Å²) in [6, 6.07) is 3.17. The molecule has 1 aliphatic heterocycles. The van der Waals surface area contributed by atoms with E-state index in [1.807, 2.05) is 6.92 Å². The van der Waals surface area contributed by atoms with E-state index in [0.717, 1.165) is 0 Å². The van der Waals surface area contributed by atoms with Gasteiger partial charge in [-0.1, -0.05) is 6.92 Å². The van der Waals surface area contributed by atoms with Crippen molar-refractivity contribution in [2.75, 3.05) is 42.0 Å². The fourth-order valence-electron chi connectivity index (χ4n) is 5.63. The van der Waals surface area contributed by atoms with Crippen molar-refractivity contribution in [1.29, 1.82) is 0 Å². The minimum absolute atomic E-state index is 0.0203. The number of fused-ring (bicyclic) bond motifs is 1. The molecule has 1 aromatic carbocycles. The maximum Gasteiger partial charge on any atom is 0.416 e. The highest BCUT2D eigenvalue weighted by molar-refractivity contribution is 5.90. The first-order valence-electron chi connectivity index (χ1n) is 16.0. The van der Waals surface area contributed by atoms with Crippen molar-refractivity contribution in [3.63, 3.8) is 0 Å². The van der Waals surface area contributed by atoms with E-state index < -0.39 is 48.2 Å². The minimum atomic E-state index is -5.06. The SMILES string of the molecule is CCOC(=O)CCCNc1cnc(N(Cc2cc(C(F)(F)F)cc(C(F)(F)F)c2)[C@H]2C[C@@H](CC)N(C(=O)OCC)c3ccc(OC)nc32)nc1. The second-order valence-electron chi connectivity index (χ2n) is 11.3. The number of hydrogen-bond acceptors (Lipinski definition) is 10. The van der Waals surface area contributed by atoms with Gasteiger partial charge in [0.05, 0.1) is 67.0 Å². The standard InChI is InChI=1S/C33H38F6N6O5/c1-5-24-16-26(29-25(10-11-27(43-29)48-4)45(24)31(47)50-7-3)44(19-20-13-21(32(34,35)36)15-22(14-20)33(37,38)39)30-41-17-23(18-42-30)40-12-8-9-28(46)49-6-2/h10-11,13-15,17-18,24,26,40H,5-9,12,16,19H2,1-4H3/t24-,26+/m1/s1. The molecule has 3 heterocycles. The van der Waals surface area contributed by atoms with E-state index in [1.54, 1.807) is 19.9 Å². The lowest BCUT2D eigenvalue weighted by Gasteiger charge is -2.43. The lowest BCUT2D eigenvalue weighted by Crippen LogP contribution is -2.48. The summed E-state index contributed by atoms with van der Waals surface area (Å²) in [5, 5.41) is 3.07. The zero-order valence-electron chi connectivity index (χ0n) is 27.9. The molecule has 3 aromatic rings. The Hall–Kier alpha value is -4.83. The number of ether oxygens (including phenoxy) is 3. The van der Waals surface area contributed by atoms with Gasteiger partial charge in [0.15, 0.2) is 0 Å². The van der Waals surface area contributed by atoms with E-state index in [0.29, 0.717) is 42.9 Å². The van der Waals surface area contributed by atoms with Gasteiger partial charge in [0.1, 0.15) is 0 Å². The number of anilines is 3. The van der Waals surface area contributed by atoms with E-state index in [9.17, 15) is 35.9 Å². The Balaban J connectivity index is 1.81. The van der Waals surface area contributed by atoms with E-state index in [1.165, 1.54) is 35.4 Å². The monoisotopic (exact) mass is 712 g/mol. The second kappa shape index (κ2) is 16.3. The first kappa shape index (κ1) is 38.0. The van der Waals surface area contributed by atoms with Crippen LogP contribution in [0.25, 0.3) is 0 Å². The predicted molar refractivity (Wildman–Crippen MR) is 171 cm³/mol. The van der Waals surface area contributed by atoms with Crippen molar-refractivity contribution < 1.29 is 50.1 Å². The fourth-order valence-corrected chi connectivity index (χ4v) is 5.63. The van der Waals surface area contributed by atoms with Crippen LogP contribution in [0.4, 0.5) is 48.5 Å². The van der Waals surface area contributed by atoms with Gasteiger partial charge in [-0.3, -0.25) is 9.69 Å². The van der Waals surface area contributed by atoms with Gasteiger partial charge in [-0.2, -0.15) is 26.3 Å². The number of carbonyl (C=O) groups excluding carboxylic acids is 2. The summed E-state index contributed by atoms with van der Waals surface area (Å²) in [7, 11) is 1.38. The molecule has 4 rings (SSSR count). The van der Waals surface area contributed by atoms with Crippen LogP contribution in [0.5, 0.6) is 5.88 Å². The van der Waals surface area contributed by atoms with Crippen molar-refractivity contribution in [1.82, 2.24) is 15.0 Å². The molecular formula is C33H38F6N6O5. The highest BCUT2D eigenvalue weighted by Crippen LogP contribution is 2.44. The fraction of sp³-hybridized carbons (Fsp3) is 0.485. The molecule has 2 atom stereocenters. The Morgan fingerprint density at radius 1 is 0.960 bits per heavy atom. The number of methoxy groups -OCH3 is 1. The summed E-state index contributed by atoms with van der Waals surface area (Å²) >= 11 is 0. The van der Waals surface area contributed by atoms with E-state index in [-0.39, 0.29) is 61.2 Å². The lowest BCUT2D eigenvalue weighted by molar-refractivity contribution is -0.144. The van der Waals surface area contributed by atoms with Crippen molar-refractivity contribution in [3.05, 3.63) is 65.1 Å². The van der Waals surface area contributed by atoms with Gasteiger partial charge in [0.25, 0.3) is 0 Å². The summed E-state index contributed by atoms with van der Waals surface area (Å²) in [5.41, 5.74) is -2.18. The number of hydrogen-bond donors (Lipinski definition) is 1. The molecule has 0 spiro atoms. The molecule has 0 saturated carbocycles. The molecule has 0 unspecified atom stereocenters. The van der Waals surface area contributed by atoms with Crippen LogP contribution in [0, 0.1) is 0 Å². The summed E-state index contributed by atoms with van der Waals surface area (Å²) in [6.07, 6.45) is -6.73. The molecule has 17 heteroatoms. The Labute approximate surface area is 284 Å². The maximum absolute atomic E-state index is 13.9. The molecule has 0 bridgehead atoms. The normalized spacial score (nSPS) is 16.0. The number of nitrogens with zero attached hydrogens (tertiary/aromatic N) is 5. The summed E-state index contributed by atoms with van der Waals surface area (Å²) < 4.78 is 98.7. The van der Waals surface area contributed by atoms with Crippen LogP contribution in [-0.2, 0) is 33.2 Å². The zero-order chi connectivity index (χ0) is 36.6. The average Bonchev–Trinajstić information content (AvgIpc) is 3.07. The Morgan fingerprint density at radius 2 is 1.60 bits per heavy atom. The van der Waals surface area contributed by atoms with Crippen LogP contribution in [0.15, 0.2) is 42.7 Å². The van der Waals surface area contributed by atoms with Gasteiger partial charge in [-0.15, -0.1) is 0 Å². The van der Waals surface area contributed by atoms with E-state index >= 15 is 0 Å². The van der Waals surface area contributed by atoms with Gasteiger partial charge < -0.3 is 24.4 Å². The van der Waals surface area contributed by atoms with Gasteiger partial charge >= 0.3 is 24.4 Å². The zero-order valence-corrected chi connectivity index (χ0v) is 27.9. The number of alkyl halides is 6. The number of amides is 1. The summed E-state index contributed by atoms with van der Waals surface area (Å²) in [4.78, 5) is 41.2. The van der Waals surface area contributed by atoms with Crippen molar-refractivity contribution >= 4 is 29.4 Å². The van der Waals surface area contributed by atoms with Crippen LogP contribution in [-0.4, -0.2) is 59.9 Å². The Bertz CT molecular complexity index is 1590. The topological polar surface area (TPSA) is 119 Å². The smallest absolute Gasteiger partial charge is 0.416 e. The Kier molecular flexibility index (Phi) is 12.3. The minimum Gasteiger partial charge on any atom is -0.481 e. The number of pyridine rings is 1. The van der Waals surface area contributed by atoms with Crippen LogP contribution in [0.2, 0.25) is 0 Å². The number of nitrogens with one attached hydrogen (secondary N) is 1. The van der Waals surface area contributed by atoms with Crippen molar-refractivity contribution in [2.24, 2.45) is 0 Å². The number of carbonyl (C=O) groups is 2. The number of benzene rings is 1. The first-order valence-corrected chi connectivity index (χ1v) is 16.0. The van der Waals surface area contributed by atoms with E-state index in [4.69, 9.17) is 14.2 Å². The first-order chi connectivity index (χ1) is 23.7. The van der Waals surface area contributed by atoms with Gasteiger partial charge in [0.2, 0.25) is 11.8 Å². The van der Waals surface area contributed by atoms with E-state index in [2.05, 4.69) is 20.3 Å². The van der Waals surface area contributed by atoms with Crippen molar-refractivity contribution in [3.8, 4) is 5.88 Å². The third-order valence-corrected chi connectivity index (χ3v) is 7.92. The highest BCUT2D eigenvalue weighted by atomic mass is 19.4. The molecule has 50 heavy (non-hydrogen) atoms.